The molecule has 0 aliphatic carbocycles. The zero-order valence-electron chi connectivity index (χ0n) is 40.9. The van der Waals surface area contributed by atoms with Crippen molar-refractivity contribution in [2.24, 2.45) is 5.41 Å². The van der Waals surface area contributed by atoms with E-state index in [1.165, 1.54) is 72.7 Å². The predicted molar refractivity (Wildman–Crippen MR) is 273 cm³/mol. The molecule has 1 atom stereocenters. The summed E-state index contributed by atoms with van der Waals surface area (Å²) < 4.78 is 5.65. The lowest BCUT2D eigenvalue weighted by Crippen LogP contribution is -2.59. The molecule has 0 bridgehead atoms. The Kier molecular flexibility index (Phi) is 12.9. The van der Waals surface area contributed by atoms with Gasteiger partial charge >= 0.3 is 0 Å². The lowest BCUT2D eigenvalue weighted by Gasteiger charge is -2.46. The van der Waals surface area contributed by atoms with Gasteiger partial charge in [0.15, 0.2) is 11.0 Å². The maximum Gasteiger partial charge on any atom is 0.290 e. The number of para-hydroxylation sites is 2. The molecule has 0 radical (unpaired) electrons. The smallest absolute Gasteiger partial charge is 0.290 e. The first kappa shape index (κ1) is 45.2. The Morgan fingerprint density at radius 3 is 1.48 bits per heavy atom. The SMILES string of the molecule is CCCCn1c(-c2cc(C(C)(C)C)cc(C(C)(C)C)c2)[n+]2c3c(cccc31)N(c1c(C(C)C)cccc1C(C)C)CC2C(Cc1ccccc1)(Cc1ccccc1)Cc1ccccc1. The summed E-state index contributed by atoms with van der Waals surface area (Å²) in [7, 11) is 0. The number of aryl methyl sites for hydroxylation is 1. The largest absolute Gasteiger partial charge is 0.333 e. The molecule has 0 N–H and O–H groups in total. The number of hydrogen-bond donors (Lipinski definition) is 0. The number of nitrogens with zero attached hydrogens (tertiary/aromatic N) is 3. The minimum absolute atomic E-state index is 0.0228. The molecule has 1 unspecified atom stereocenters. The Bertz CT molecular complexity index is 2510. The van der Waals surface area contributed by atoms with Gasteiger partial charge in [0.05, 0.1) is 24.3 Å². The molecule has 1 aliphatic heterocycles. The second kappa shape index (κ2) is 18.2. The van der Waals surface area contributed by atoms with Crippen LogP contribution in [0.5, 0.6) is 0 Å². The van der Waals surface area contributed by atoms with Gasteiger partial charge in [-0.1, -0.05) is 204 Å². The zero-order valence-corrected chi connectivity index (χ0v) is 40.9. The van der Waals surface area contributed by atoms with E-state index in [9.17, 15) is 0 Å². The van der Waals surface area contributed by atoms with Gasteiger partial charge in [-0.3, -0.25) is 0 Å². The highest BCUT2D eigenvalue weighted by Gasteiger charge is 2.51. The second-order valence-corrected chi connectivity index (χ2v) is 21.7. The van der Waals surface area contributed by atoms with Gasteiger partial charge in [-0.05, 0) is 112 Å². The first-order valence-corrected chi connectivity index (χ1v) is 24.3. The molecular formula is C61H74N3+. The summed E-state index contributed by atoms with van der Waals surface area (Å²) in [5.74, 6) is 2.07. The van der Waals surface area contributed by atoms with Crippen LogP contribution in [0.2, 0.25) is 0 Å². The van der Waals surface area contributed by atoms with Crippen LogP contribution in [-0.4, -0.2) is 11.1 Å². The van der Waals surface area contributed by atoms with Crippen LogP contribution in [-0.2, 0) is 36.6 Å². The Hall–Kier alpha value is -5.41. The normalized spacial score (nSPS) is 14.6. The molecule has 8 rings (SSSR count). The third-order valence-corrected chi connectivity index (χ3v) is 14.1. The van der Waals surface area contributed by atoms with Crippen LogP contribution in [0.3, 0.4) is 0 Å². The summed E-state index contributed by atoms with van der Waals surface area (Å²) in [6.45, 7) is 27.9. The molecule has 2 heterocycles. The van der Waals surface area contributed by atoms with Crippen LogP contribution >= 0.6 is 0 Å². The van der Waals surface area contributed by atoms with Crippen molar-refractivity contribution >= 4 is 22.4 Å². The van der Waals surface area contributed by atoms with E-state index >= 15 is 0 Å². The van der Waals surface area contributed by atoms with Crippen molar-refractivity contribution < 1.29 is 4.57 Å². The Morgan fingerprint density at radius 1 is 0.578 bits per heavy atom. The maximum absolute atomic E-state index is 2.91. The van der Waals surface area contributed by atoms with Crippen LogP contribution in [0.1, 0.15) is 146 Å². The van der Waals surface area contributed by atoms with E-state index in [-0.39, 0.29) is 22.3 Å². The first-order valence-electron chi connectivity index (χ1n) is 24.3. The monoisotopic (exact) mass is 849 g/mol. The molecule has 0 saturated carbocycles. The van der Waals surface area contributed by atoms with Gasteiger partial charge in [-0.25, -0.2) is 9.13 Å². The van der Waals surface area contributed by atoms with Gasteiger partial charge in [0.25, 0.3) is 5.82 Å². The Morgan fingerprint density at radius 2 is 1.05 bits per heavy atom. The van der Waals surface area contributed by atoms with Gasteiger partial charge in [-0.2, -0.15) is 0 Å². The van der Waals surface area contributed by atoms with E-state index in [2.05, 4.69) is 236 Å². The third kappa shape index (κ3) is 8.97. The number of unbranched alkanes of at least 4 members (excludes halogenated alkanes) is 1. The van der Waals surface area contributed by atoms with E-state index in [0.717, 1.165) is 45.2 Å². The zero-order chi connectivity index (χ0) is 45.4. The Balaban J connectivity index is 1.57. The summed E-state index contributed by atoms with van der Waals surface area (Å²) in [4.78, 5) is 2.80. The molecule has 3 nitrogen and oxygen atoms in total. The summed E-state index contributed by atoms with van der Waals surface area (Å²) in [5, 5.41) is 0. The maximum atomic E-state index is 2.91. The van der Waals surface area contributed by atoms with E-state index in [4.69, 9.17) is 0 Å². The molecule has 1 aromatic heterocycles. The molecule has 332 valence electrons. The highest BCUT2D eigenvalue weighted by atomic mass is 15.3. The summed E-state index contributed by atoms with van der Waals surface area (Å²) in [6, 6.07) is 56.2. The lowest BCUT2D eigenvalue weighted by atomic mass is 9.66. The fraction of sp³-hybridized carbons (Fsp3) is 0.393. The molecule has 0 fully saturated rings. The molecule has 6 aromatic carbocycles. The van der Waals surface area contributed by atoms with Crippen molar-refractivity contribution in [3.05, 3.63) is 185 Å². The van der Waals surface area contributed by atoms with E-state index in [1.807, 2.05) is 0 Å². The summed E-state index contributed by atoms with van der Waals surface area (Å²) >= 11 is 0. The minimum Gasteiger partial charge on any atom is -0.333 e. The average Bonchev–Trinajstić information content (AvgIpc) is 3.60. The summed E-state index contributed by atoms with van der Waals surface area (Å²) in [5.41, 5.74) is 16.2. The summed E-state index contributed by atoms with van der Waals surface area (Å²) in [6.07, 6.45) is 5.04. The predicted octanol–water partition coefficient (Wildman–Crippen LogP) is 15.6. The first-order chi connectivity index (χ1) is 30.6. The molecule has 0 spiro atoms. The van der Waals surface area contributed by atoms with Crippen molar-refractivity contribution in [2.75, 3.05) is 11.4 Å². The molecule has 0 amide bonds. The van der Waals surface area contributed by atoms with Crippen LogP contribution in [0.4, 0.5) is 11.4 Å². The van der Waals surface area contributed by atoms with Crippen molar-refractivity contribution in [1.29, 1.82) is 0 Å². The fourth-order valence-corrected chi connectivity index (χ4v) is 10.7. The average molecular weight is 849 g/mol. The number of hydrogen-bond acceptors (Lipinski definition) is 1. The van der Waals surface area contributed by atoms with Crippen LogP contribution < -0.4 is 9.47 Å². The number of anilines is 2. The number of aromatic nitrogens is 2. The molecule has 1 aliphatic rings. The van der Waals surface area contributed by atoms with Crippen LogP contribution in [0.25, 0.3) is 22.4 Å². The van der Waals surface area contributed by atoms with Crippen molar-refractivity contribution in [3.8, 4) is 11.4 Å². The van der Waals surface area contributed by atoms with Gasteiger partial charge in [0.1, 0.15) is 6.04 Å². The second-order valence-electron chi connectivity index (χ2n) is 21.7. The van der Waals surface area contributed by atoms with E-state index in [0.29, 0.717) is 11.8 Å². The van der Waals surface area contributed by atoms with Gasteiger partial charge < -0.3 is 4.90 Å². The molecule has 7 aromatic rings. The van der Waals surface area contributed by atoms with E-state index in [1.54, 1.807) is 0 Å². The Labute approximate surface area is 386 Å². The third-order valence-electron chi connectivity index (χ3n) is 14.1. The number of rotatable bonds is 14. The number of benzene rings is 6. The standard InChI is InChI=1S/C61H74N3/c1-12-13-35-62-53-33-24-34-54-57(53)64(58(62)48-36-49(59(6,7)8)38-50(37-48)60(9,10)11)55(42-63(54)56-51(43(2)3)31-23-32-52(56)44(4)5)61(39-45-25-17-14-18-26-45,40-46-27-19-15-20-28-46)41-47-29-21-16-22-30-47/h14-34,36-38,43-44,55H,12-13,35,39-42H2,1-11H3/q+1. The van der Waals surface area contributed by atoms with Gasteiger partial charge in [0, 0.05) is 11.1 Å². The quantitative estimate of drug-likeness (QED) is 0.0993. The van der Waals surface area contributed by atoms with Gasteiger partial charge in [0.2, 0.25) is 0 Å². The van der Waals surface area contributed by atoms with Crippen molar-refractivity contribution in [1.82, 2.24) is 4.57 Å². The molecular weight excluding hydrogens is 775 g/mol. The van der Waals surface area contributed by atoms with Gasteiger partial charge in [-0.15, -0.1) is 0 Å². The molecule has 3 heteroatoms. The van der Waals surface area contributed by atoms with Crippen molar-refractivity contribution in [3.63, 3.8) is 0 Å². The molecule has 64 heavy (non-hydrogen) atoms. The van der Waals surface area contributed by atoms with E-state index < -0.39 is 0 Å². The van der Waals surface area contributed by atoms with Crippen LogP contribution in [0.15, 0.2) is 146 Å². The topological polar surface area (TPSA) is 12.0 Å². The van der Waals surface area contributed by atoms with Crippen LogP contribution in [0, 0.1) is 5.41 Å². The highest BCUT2D eigenvalue weighted by Crippen LogP contribution is 2.50. The van der Waals surface area contributed by atoms with Crippen molar-refractivity contribution in [2.45, 2.75) is 144 Å². The fourth-order valence-electron chi connectivity index (χ4n) is 10.7. The number of imidazole rings is 1. The lowest BCUT2D eigenvalue weighted by molar-refractivity contribution is -0.703. The molecule has 0 saturated heterocycles. The minimum atomic E-state index is -0.252. The highest BCUT2D eigenvalue weighted by molar-refractivity contribution is 5.92.